The molecule has 0 saturated heterocycles. The van der Waals surface area contributed by atoms with Gasteiger partial charge in [-0.25, -0.2) is 0 Å². The van der Waals surface area contributed by atoms with Gasteiger partial charge in [0.2, 0.25) is 0 Å². The Morgan fingerprint density at radius 1 is 0.750 bits per heavy atom. The zero-order valence-electron chi connectivity index (χ0n) is 11.3. The summed E-state index contributed by atoms with van der Waals surface area (Å²) in [5, 5.41) is 0. The second-order valence-electron chi connectivity index (χ2n) is 4.70. The van der Waals surface area contributed by atoms with Crippen molar-refractivity contribution in [3.05, 3.63) is 24.3 Å². The Morgan fingerprint density at radius 3 is 1.44 bits per heavy atom. The summed E-state index contributed by atoms with van der Waals surface area (Å²) in [5.74, 6) is 0. The van der Waals surface area contributed by atoms with E-state index in [0.717, 1.165) is 0 Å². The first kappa shape index (κ1) is 14.6. The Morgan fingerprint density at radius 2 is 1.12 bits per heavy atom. The molecule has 0 saturated carbocycles. The summed E-state index contributed by atoms with van der Waals surface area (Å²) >= 11 is -2.19. The molecule has 0 aliphatic heterocycles. The SMILES string of the molecule is C[CH2][Ga]([CH2]C)[c]1ccc[c]([Ga]([CH2]C)[CH2]C)c1. The van der Waals surface area contributed by atoms with Crippen LogP contribution in [0.3, 0.4) is 0 Å². The fraction of sp³-hybridized carbons (Fsp3) is 0.571. The van der Waals surface area contributed by atoms with Crippen molar-refractivity contribution in [3.63, 3.8) is 0 Å². The summed E-state index contributed by atoms with van der Waals surface area (Å²) in [7, 11) is 0. The molecule has 0 fully saturated rings. The Bertz CT molecular complexity index is 274. The number of hydrogen-bond donors (Lipinski definition) is 0. The van der Waals surface area contributed by atoms with Gasteiger partial charge >= 0.3 is 113 Å². The molecule has 0 aliphatic rings. The van der Waals surface area contributed by atoms with Crippen molar-refractivity contribution in [2.75, 3.05) is 0 Å². The van der Waals surface area contributed by atoms with Crippen molar-refractivity contribution in [1.82, 2.24) is 0 Å². The topological polar surface area (TPSA) is 0 Å². The van der Waals surface area contributed by atoms with Crippen LogP contribution >= 0.6 is 0 Å². The molecule has 0 aliphatic carbocycles. The molecule has 0 amide bonds. The van der Waals surface area contributed by atoms with E-state index >= 15 is 0 Å². The molecule has 1 rings (SSSR count). The molecular weight excluding hydrogens is 308 g/mol. The molecule has 0 aromatic heterocycles. The first-order valence-corrected chi connectivity index (χ1v) is 16.1. The van der Waals surface area contributed by atoms with Crippen LogP contribution in [0.25, 0.3) is 0 Å². The predicted octanol–water partition coefficient (Wildman–Crippen LogP) is 3.17. The van der Waals surface area contributed by atoms with Crippen LogP contribution in [0.5, 0.6) is 0 Å². The molecule has 86 valence electrons. The van der Waals surface area contributed by atoms with E-state index in [9.17, 15) is 0 Å². The standard InChI is InChI=1S/C6H4.4C2H5.2Ga/c1-2-4-6-5-3-1;4*1-2;;/h1-3,6H;4*1H2,2H3;;. The Balaban J connectivity index is 2.93. The molecule has 2 heteroatoms. The van der Waals surface area contributed by atoms with Crippen molar-refractivity contribution in [2.45, 2.75) is 47.6 Å². The molecule has 0 spiro atoms. The first-order chi connectivity index (χ1) is 7.76. The molecule has 1 aromatic rings. The summed E-state index contributed by atoms with van der Waals surface area (Å²) in [6.45, 7) is 9.55. The summed E-state index contributed by atoms with van der Waals surface area (Å²) in [4.78, 5) is 5.84. The second kappa shape index (κ2) is 7.75. The number of rotatable bonds is 6. The van der Waals surface area contributed by atoms with E-state index in [1.807, 2.05) is 0 Å². The molecule has 0 bridgehead atoms. The van der Waals surface area contributed by atoms with Gasteiger partial charge in [0.25, 0.3) is 0 Å². The van der Waals surface area contributed by atoms with Crippen molar-refractivity contribution in [3.8, 4) is 0 Å². The van der Waals surface area contributed by atoms with E-state index < -0.39 is 32.4 Å². The number of hydrogen-bond acceptors (Lipinski definition) is 0. The molecule has 16 heavy (non-hydrogen) atoms. The molecule has 0 nitrogen and oxygen atoms in total. The molecule has 1 aromatic carbocycles. The molecule has 0 atom stereocenters. The van der Waals surface area contributed by atoms with Crippen LogP contribution < -0.4 is 8.24 Å². The van der Waals surface area contributed by atoms with E-state index in [-0.39, 0.29) is 0 Å². The van der Waals surface area contributed by atoms with E-state index in [1.54, 1.807) is 8.24 Å². The van der Waals surface area contributed by atoms with Crippen molar-refractivity contribution < 1.29 is 0 Å². The Labute approximate surface area is 112 Å². The van der Waals surface area contributed by atoms with E-state index in [1.165, 1.54) is 19.9 Å². The maximum absolute atomic E-state index is 2.61. The van der Waals surface area contributed by atoms with E-state index in [4.69, 9.17) is 0 Å². The Hall–Kier alpha value is 0.493. The van der Waals surface area contributed by atoms with Gasteiger partial charge in [0.1, 0.15) is 0 Å². The van der Waals surface area contributed by atoms with Crippen LogP contribution in [-0.4, -0.2) is 32.4 Å². The summed E-state index contributed by atoms with van der Waals surface area (Å²) in [6.07, 6.45) is 0. The normalized spacial score (nSPS) is 10.2. The summed E-state index contributed by atoms with van der Waals surface area (Å²) in [6, 6.07) is 9.75. The first-order valence-electron chi connectivity index (χ1n) is 6.86. The van der Waals surface area contributed by atoms with Crippen LogP contribution in [0.1, 0.15) is 27.7 Å². The van der Waals surface area contributed by atoms with Crippen LogP contribution in [0.15, 0.2) is 24.3 Å². The van der Waals surface area contributed by atoms with Gasteiger partial charge in [-0.05, 0) is 0 Å². The fourth-order valence-electron chi connectivity index (χ4n) is 2.59. The van der Waals surface area contributed by atoms with Gasteiger partial charge in [0.05, 0.1) is 0 Å². The van der Waals surface area contributed by atoms with Gasteiger partial charge in [0, 0.05) is 0 Å². The van der Waals surface area contributed by atoms with E-state index in [0.29, 0.717) is 0 Å². The summed E-state index contributed by atoms with van der Waals surface area (Å²) < 4.78 is 3.54. The van der Waals surface area contributed by atoms with Gasteiger partial charge in [-0.15, -0.1) is 0 Å². The van der Waals surface area contributed by atoms with Crippen LogP contribution in [0, 0.1) is 0 Å². The van der Waals surface area contributed by atoms with Gasteiger partial charge in [0.15, 0.2) is 0 Å². The van der Waals surface area contributed by atoms with Crippen LogP contribution in [0.2, 0.25) is 19.9 Å². The van der Waals surface area contributed by atoms with Crippen molar-refractivity contribution >= 4 is 40.7 Å². The zero-order valence-corrected chi connectivity index (χ0v) is 16.1. The van der Waals surface area contributed by atoms with Crippen molar-refractivity contribution in [1.29, 1.82) is 0 Å². The van der Waals surface area contributed by atoms with Gasteiger partial charge in [-0.2, -0.15) is 0 Å². The number of benzene rings is 1. The predicted molar refractivity (Wildman–Crippen MR) is 79.1 cm³/mol. The zero-order chi connectivity index (χ0) is 12.0. The van der Waals surface area contributed by atoms with Gasteiger partial charge in [-0.3, -0.25) is 0 Å². The average Bonchev–Trinajstić information content (AvgIpc) is 2.33. The third kappa shape index (κ3) is 3.76. The third-order valence-corrected chi connectivity index (χ3v) is 17.6. The molecule has 0 radical (unpaired) electrons. The van der Waals surface area contributed by atoms with E-state index in [2.05, 4.69) is 52.0 Å². The second-order valence-corrected chi connectivity index (χ2v) is 20.2. The molecule has 0 heterocycles. The molecule has 0 N–H and O–H groups in total. The molecular formula is C14H24Ga2. The quantitative estimate of drug-likeness (QED) is 0.702. The fourth-order valence-corrected chi connectivity index (χ4v) is 13.2. The Kier molecular flexibility index (Phi) is 7.05. The van der Waals surface area contributed by atoms with Crippen LogP contribution in [-0.2, 0) is 0 Å². The average molecular weight is 332 g/mol. The third-order valence-electron chi connectivity index (χ3n) is 3.82. The van der Waals surface area contributed by atoms with Gasteiger partial charge in [-0.1, -0.05) is 0 Å². The van der Waals surface area contributed by atoms with Crippen molar-refractivity contribution in [2.24, 2.45) is 0 Å². The minimum atomic E-state index is -1.10. The minimum absolute atomic E-state index is 1.10. The van der Waals surface area contributed by atoms with Crippen LogP contribution in [0.4, 0.5) is 0 Å². The molecule has 0 unspecified atom stereocenters. The summed E-state index contributed by atoms with van der Waals surface area (Å²) in [5.41, 5.74) is 0. The maximum atomic E-state index is 2.61. The van der Waals surface area contributed by atoms with Gasteiger partial charge < -0.3 is 0 Å². The monoisotopic (exact) mass is 330 g/mol.